The van der Waals surface area contributed by atoms with Crippen LogP contribution in [0.5, 0.6) is 17.2 Å². The lowest BCUT2D eigenvalue weighted by Crippen LogP contribution is -2.15. The Morgan fingerprint density at radius 1 is 1.00 bits per heavy atom. The van der Waals surface area contributed by atoms with Crippen LogP contribution in [0.25, 0.3) is 5.69 Å². The van der Waals surface area contributed by atoms with Crippen LogP contribution in [0.15, 0.2) is 53.9 Å². The number of nitrogens with zero attached hydrogens (tertiary/aromatic N) is 3. The molecule has 0 fully saturated rings. The van der Waals surface area contributed by atoms with E-state index in [9.17, 15) is 4.79 Å². The average molecular weight is 399 g/mol. The summed E-state index contributed by atoms with van der Waals surface area (Å²) in [6.07, 6.45) is 1.60. The van der Waals surface area contributed by atoms with Gasteiger partial charge in [-0.05, 0) is 37.3 Å². The lowest BCUT2D eigenvalue weighted by atomic mass is 10.1. The zero-order valence-electron chi connectivity index (χ0n) is 16.1. The molecule has 0 saturated heterocycles. The number of carbonyl (C=O) groups is 1. The Bertz CT molecular complexity index is 974. The van der Waals surface area contributed by atoms with E-state index in [4.69, 9.17) is 14.2 Å². The van der Waals surface area contributed by atoms with Gasteiger partial charge < -0.3 is 14.2 Å². The van der Waals surface area contributed by atoms with Crippen molar-refractivity contribution in [3.05, 3.63) is 54.4 Å². The Balaban J connectivity index is 1.84. The monoisotopic (exact) mass is 399 g/mol. The summed E-state index contributed by atoms with van der Waals surface area (Å²) in [5, 5.41) is 8.39. The van der Waals surface area contributed by atoms with E-state index in [1.165, 1.54) is 11.8 Å². The molecule has 2 aromatic carbocycles. The number of hydrogen-bond donors (Lipinski definition) is 0. The molecule has 0 amide bonds. The van der Waals surface area contributed by atoms with Gasteiger partial charge in [-0.3, -0.25) is 9.36 Å². The zero-order valence-corrected chi connectivity index (χ0v) is 16.9. The predicted molar refractivity (Wildman–Crippen MR) is 107 cm³/mol. The van der Waals surface area contributed by atoms with Crippen molar-refractivity contribution < 1.29 is 19.0 Å². The highest BCUT2D eigenvalue weighted by Crippen LogP contribution is 2.32. The quantitative estimate of drug-likeness (QED) is 0.423. The second kappa shape index (κ2) is 8.79. The van der Waals surface area contributed by atoms with Crippen LogP contribution in [0.4, 0.5) is 0 Å². The highest BCUT2D eigenvalue weighted by Gasteiger charge is 2.22. The van der Waals surface area contributed by atoms with E-state index in [0.29, 0.717) is 28.0 Å². The van der Waals surface area contributed by atoms with Crippen molar-refractivity contribution in [2.24, 2.45) is 0 Å². The molecular formula is C20H21N3O4S. The second-order valence-electron chi connectivity index (χ2n) is 5.85. The van der Waals surface area contributed by atoms with Crippen LogP contribution in [0.3, 0.4) is 0 Å². The third kappa shape index (κ3) is 3.96. The first-order valence-corrected chi connectivity index (χ1v) is 9.43. The van der Waals surface area contributed by atoms with Crippen molar-refractivity contribution in [3.63, 3.8) is 0 Å². The highest BCUT2D eigenvalue weighted by molar-refractivity contribution is 8.00. The van der Waals surface area contributed by atoms with Crippen LogP contribution < -0.4 is 14.2 Å². The number of ether oxygens (including phenoxy) is 3. The number of hydrogen-bond acceptors (Lipinski definition) is 7. The minimum atomic E-state index is -0.379. The highest BCUT2D eigenvalue weighted by atomic mass is 32.2. The molecule has 146 valence electrons. The third-order valence-electron chi connectivity index (χ3n) is 4.18. The molecule has 0 aliphatic heterocycles. The molecule has 0 saturated carbocycles. The van der Waals surface area contributed by atoms with Crippen molar-refractivity contribution in [1.82, 2.24) is 14.8 Å². The summed E-state index contributed by atoms with van der Waals surface area (Å²) in [4.78, 5) is 12.9. The predicted octanol–water partition coefficient (Wildman–Crippen LogP) is 3.66. The number of carbonyl (C=O) groups excluding carboxylic acids is 1. The number of methoxy groups -OCH3 is 3. The van der Waals surface area contributed by atoms with Crippen molar-refractivity contribution in [2.75, 3.05) is 21.3 Å². The van der Waals surface area contributed by atoms with Gasteiger partial charge in [0.25, 0.3) is 0 Å². The van der Waals surface area contributed by atoms with Gasteiger partial charge in [0.05, 0.1) is 32.3 Å². The van der Waals surface area contributed by atoms with E-state index in [0.717, 1.165) is 5.69 Å². The molecule has 0 N–H and O–H groups in total. The normalized spacial score (nSPS) is 11.7. The number of Topliss-reactive ketones (excluding diaryl/α,β-unsaturated/α-hetero) is 1. The fraction of sp³-hybridized carbons (Fsp3) is 0.250. The Labute approximate surface area is 167 Å². The van der Waals surface area contributed by atoms with Crippen LogP contribution in [0.1, 0.15) is 17.3 Å². The van der Waals surface area contributed by atoms with E-state index in [-0.39, 0.29) is 11.0 Å². The molecule has 1 atom stereocenters. The molecule has 3 aromatic rings. The van der Waals surface area contributed by atoms with E-state index >= 15 is 0 Å². The molecule has 28 heavy (non-hydrogen) atoms. The standard InChI is InChI=1S/C20H21N3O4S/c1-13(19(24)14-9-10-17(26-3)18(11-14)27-4)28-20-22-21-12-23(20)15-7-5-6-8-16(15)25-2/h5-13H,1-4H3. The molecular weight excluding hydrogens is 378 g/mol. The average Bonchev–Trinajstić information content (AvgIpc) is 3.20. The smallest absolute Gasteiger partial charge is 0.196 e. The van der Waals surface area contributed by atoms with Crippen LogP contribution in [0, 0.1) is 0 Å². The molecule has 0 bridgehead atoms. The van der Waals surface area contributed by atoms with Crippen molar-refractivity contribution >= 4 is 17.5 Å². The van der Waals surface area contributed by atoms with Gasteiger partial charge in [-0.1, -0.05) is 23.9 Å². The van der Waals surface area contributed by atoms with Gasteiger partial charge in [0.2, 0.25) is 0 Å². The maximum atomic E-state index is 12.9. The van der Waals surface area contributed by atoms with Gasteiger partial charge in [0.1, 0.15) is 12.1 Å². The Hall–Kier alpha value is -3.00. The molecule has 1 heterocycles. The minimum absolute atomic E-state index is 0.0412. The van der Waals surface area contributed by atoms with E-state index in [1.54, 1.807) is 45.9 Å². The molecule has 3 rings (SSSR count). The number of thioether (sulfide) groups is 1. The van der Waals surface area contributed by atoms with E-state index in [1.807, 2.05) is 35.8 Å². The van der Waals surface area contributed by atoms with Gasteiger partial charge in [0, 0.05) is 5.56 Å². The van der Waals surface area contributed by atoms with E-state index in [2.05, 4.69) is 10.2 Å². The molecule has 7 nitrogen and oxygen atoms in total. The minimum Gasteiger partial charge on any atom is -0.495 e. The molecule has 0 aliphatic rings. The van der Waals surface area contributed by atoms with E-state index < -0.39 is 0 Å². The molecule has 8 heteroatoms. The maximum Gasteiger partial charge on any atom is 0.196 e. The zero-order chi connectivity index (χ0) is 20.1. The molecule has 0 radical (unpaired) electrons. The third-order valence-corrected chi connectivity index (χ3v) is 5.24. The van der Waals surface area contributed by atoms with Gasteiger partial charge in [-0.15, -0.1) is 10.2 Å². The van der Waals surface area contributed by atoms with Crippen LogP contribution in [-0.4, -0.2) is 47.1 Å². The van der Waals surface area contributed by atoms with Crippen molar-refractivity contribution in [2.45, 2.75) is 17.3 Å². The molecule has 0 spiro atoms. The summed E-state index contributed by atoms with van der Waals surface area (Å²) in [5.74, 6) is 1.75. The SMILES string of the molecule is COc1ccc(C(=O)C(C)Sc2nncn2-c2ccccc2OC)cc1OC. The number of ketones is 1. The summed E-state index contributed by atoms with van der Waals surface area (Å²) < 4.78 is 17.7. The molecule has 1 unspecified atom stereocenters. The van der Waals surface area contributed by atoms with Crippen LogP contribution in [-0.2, 0) is 0 Å². The largest absolute Gasteiger partial charge is 0.495 e. The first kappa shape index (κ1) is 19.8. The Morgan fingerprint density at radius 3 is 2.43 bits per heavy atom. The van der Waals surface area contributed by atoms with Crippen molar-refractivity contribution in [3.8, 4) is 22.9 Å². The Morgan fingerprint density at radius 2 is 1.71 bits per heavy atom. The van der Waals surface area contributed by atoms with Gasteiger partial charge in [0.15, 0.2) is 22.4 Å². The lowest BCUT2D eigenvalue weighted by molar-refractivity contribution is 0.0993. The number of rotatable bonds is 8. The number of benzene rings is 2. The van der Waals surface area contributed by atoms with Crippen LogP contribution >= 0.6 is 11.8 Å². The molecule has 0 aliphatic carbocycles. The van der Waals surface area contributed by atoms with Crippen LogP contribution in [0.2, 0.25) is 0 Å². The maximum absolute atomic E-state index is 12.9. The number of para-hydroxylation sites is 2. The summed E-state index contributed by atoms with van der Waals surface area (Å²) >= 11 is 1.33. The number of aromatic nitrogens is 3. The lowest BCUT2D eigenvalue weighted by Gasteiger charge is -2.14. The Kier molecular flexibility index (Phi) is 6.20. The summed E-state index contributed by atoms with van der Waals surface area (Å²) in [7, 11) is 4.71. The summed E-state index contributed by atoms with van der Waals surface area (Å²) in [6.45, 7) is 1.84. The van der Waals surface area contributed by atoms with Gasteiger partial charge in [-0.25, -0.2) is 0 Å². The topological polar surface area (TPSA) is 75.5 Å². The first-order chi connectivity index (χ1) is 13.6. The van der Waals surface area contributed by atoms with Gasteiger partial charge in [-0.2, -0.15) is 0 Å². The fourth-order valence-electron chi connectivity index (χ4n) is 2.73. The van der Waals surface area contributed by atoms with Gasteiger partial charge >= 0.3 is 0 Å². The summed E-state index contributed by atoms with van der Waals surface area (Å²) in [6, 6.07) is 12.7. The fourth-order valence-corrected chi connectivity index (χ4v) is 3.65. The summed E-state index contributed by atoms with van der Waals surface area (Å²) in [5.41, 5.74) is 1.35. The van der Waals surface area contributed by atoms with Crippen molar-refractivity contribution in [1.29, 1.82) is 0 Å². The first-order valence-electron chi connectivity index (χ1n) is 8.55. The second-order valence-corrected chi connectivity index (χ2v) is 7.16. The molecule has 1 aromatic heterocycles.